The fourth-order valence-electron chi connectivity index (χ4n) is 4.14. The maximum absolute atomic E-state index is 13.6. The summed E-state index contributed by atoms with van der Waals surface area (Å²) in [5.41, 5.74) is 9.89. The third-order valence-electron chi connectivity index (χ3n) is 6.05. The largest absolute Gasteiger partial charge is 0.384 e. The molecule has 0 fully saturated rings. The van der Waals surface area contributed by atoms with Crippen molar-refractivity contribution in [2.45, 2.75) is 17.9 Å². The van der Waals surface area contributed by atoms with E-state index in [1.807, 2.05) is 48.5 Å². The van der Waals surface area contributed by atoms with E-state index >= 15 is 0 Å². The second-order valence-corrected chi connectivity index (χ2v) is 10.2. The zero-order valence-corrected chi connectivity index (χ0v) is 21.0. The van der Waals surface area contributed by atoms with Gasteiger partial charge in [0, 0.05) is 29.8 Å². The number of sulfonamides is 1. The fraction of sp³-hybridized carbons (Fsp3) is 0.103. The van der Waals surface area contributed by atoms with Crippen LogP contribution in [0, 0.1) is 5.41 Å². The highest BCUT2D eigenvalue weighted by atomic mass is 32.2. The molecule has 0 saturated carbocycles. The molecule has 8 heteroatoms. The van der Waals surface area contributed by atoms with Crippen molar-refractivity contribution in [2.75, 3.05) is 6.54 Å². The molecule has 37 heavy (non-hydrogen) atoms. The van der Waals surface area contributed by atoms with Gasteiger partial charge in [0.25, 0.3) is 5.91 Å². The van der Waals surface area contributed by atoms with Crippen molar-refractivity contribution >= 4 is 21.8 Å². The van der Waals surface area contributed by atoms with Crippen molar-refractivity contribution in [3.63, 3.8) is 0 Å². The molecule has 4 rings (SSSR count). The quantitative estimate of drug-likeness (QED) is 0.229. The van der Waals surface area contributed by atoms with Crippen LogP contribution in [-0.4, -0.2) is 31.6 Å². The van der Waals surface area contributed by atoms with Gasteiger partial charge in [-0.15, -0.1) is 0 Å². The maximum Gasteiger partial charge on any atom is 0.254 e. The predicted molar refractivity (Wildman–Crippen MR) is 146 cm³/mol. The lowest BCUT2D eigenvalue weighted by Crippen LogP contribution is -2.32. The van der Waals surface area contributed by atoms with E-state index in [0.717, 1.165) is 11.1 Å². The van der Waals surface area contributed by atoms with Crippen molar-refractivity contribution in [3.8, 4) is 11.1 Å². The first-order valence-corrected chi connectivity index (χ1v) is 13.3. The van der Waals surface area contributed by atoms with E-state index < -0.39 is 10.0 Å². The summed E-state index contributed by atoms with van der Waals surface area (Å²) < 4.78 is 24.0. The van der Waals surface area contributed by atoms with E-state index in [4.69, 9.17) is 16.3 Å². The lowest BCUT2D eigenvalue weighted by molar-refractivity contribution is 0.0745. The van der Waals surface area contributed by atoms with Gasteiger partial charge in [-0.1, -0.05) is 78.9 Å². The second-order valence-electron chi connectivity index (χ2n) is 8.69. The standard InChI is InChI=1S/C29H28N4O3S/c30-28(31)25-10-6-9-21(19-25)17-18-33(20-22-7-2-1-3-8-22)29(34)24-15-13-23(14-16-24)26-11-4-5-12-27(26)37(32,35)36/h1-16,19H,17-18,20H2,(H3,30,31)(H2,32,35,36). The summed E-state index contributed by atoms with van der Waals surface area (Å²) in [6, 6.07) is 30.6. The fourth-order valence-corrected chi connectivity index (χ4v) is 4.90. The number of primary sulfonamides is 1. The molecule has 0 aromatic heterocycles. The van der Waals surface area contributed by atoms with Gasteiger partial charge in [0.15, 0.2) is 0 Å². The summed E-state index contributed by atoms with van der Waals surface area (Å²) in [5.74, 6) is -0.138. The van der Waals surface area contributed by atoms with Crippen LogP contribution in [0.5, 0.6) is 0 Å². The van der Waals surface area contributed by atoms with Crippen LogP contribution in [0.15, 0.2) is 108 Å². The van der Waals surface area contributed by atoms with Crippen molar-refractivity contribution in [1.29, 1.82) is 5.41 Å². The molecular formula is C29H28N4O3S. The number of hydrogen-bond donors (Lipinski definition) is 3. The Labute approximate surface area is 216 Å². The van der Waals surface area contributed by atoms with E-state index in [1.165, 1.54) is 6.07 Å². The number of nitrogens with zero attached hydrogens (tertiary/aromatic N) is 1. The number of hydrogen-bond acceptors (Lipinski definition) is 4. The van der Waals surface area contributed by atoms with E-state index in [1.54, 1.807) is 53.4 Å². The molecular weight excluding hydrogens is 484 g/mol. The van der Waals surface area contributed by atoms with Gasteiger partial charge in [0.1, 0.15) is 5.84 Å². The average molecular weight is 513 g/mol. The van der Waals surface area contributed by atoms with Gasteiger partial charge in [-0.25, -0.2) is 13.6 Å². The monoisotopic (exact) mass is 512 g/mol. The van der Waals surface area contributed by atoms with Gasteiger partial charge in [-0.05, 0) is 47.4 Å². The topological polar surface area (TPSA) is 130 Å². The van der Waals surface area contributed by atoms with Gasteiger partial charge >= 0.3 is 0 Å². The van der Waals surface area contributed by atoms with E-state index in [9.17, 15) is 13.2 Å². The molecule has 5 N–H and O–H groups in total. The van der Waals surface area contributed by atoms with E-state index in [0.29, 0.717) is 41.8 Å². The van der Waals surface area contributed by atoms with Crippen LogP contribution >= 0.6 is 0 Å². The van der Waals surface area contributed by atoms with Gasteiger partial charge in [0.2, 0.25) is 10.0 Å². The first kappa shape index (κ1) is 25.8. The van der Waals surface area contributed by atoms with Crippen LogP contribution in [0.3, 0.4) is 0 Å². The Hall–Kier alpha value is -4.27. The summed E-state index contributed by atoms with van der Waals surface area (Å²) >= 11 is 0. The molecule has 0 aliphatic rings. The minimum Gasteiger partial charge on any atom is -0.384 e. The first-order chi connectivity index (χ1) is 17.7. The molecule has 0 aliphatic heterocycles. The molecule has 188 valence electrons. The molecule has 0 heterocycles. The van der Waals surface area contributed by atoms with Gasteiger partial charge in [-0.2, -0.15) is 0 Å². The van der Waals surface area contributed by atoms with Crippen molar-refractivity contribution in [2.24, 2.45) is 10.9 Å². The van der Waals surface area contributed by atoms with Crippen LogP contribution < -0.4 is 10.9 Å². The molecule has 0 radical (unpaired) electrons. The molecule has 0 unspecified atom stereocenters. The van der Waals surface area contributed by atoms with Crippen molar-refractivity contribution < 1.29 is 13.2 Å². The number of carbonyl (C=O) groups excluding carboxylic acids is 1. The van der Waals surface area contributed by atoms with Crippen LogP contribution in [-0.2, 0) is 23.0 Å². The molecule has 0 spiro atoms. The van der Waals surface area contributed by atoms with Crippen LogP contribution in [0.2, 0.25) is 0 Å². The van der Waals surface area contributed by atoms with Gasteiger partial charge in [-0.3, -0.25) is 10.2 Å². The highest BCUT2D eigenvalue weighted by molar-refractivity contribution is 7.89. The highest BCUT2D eigenvalue weighted by Gasteiger charge is 2.18. The third-order valence-corrected chi connectivity index (χ3v) is 7.02. The summed E-state index contributed by atoms with van der Waals surface area (Å²) in [4.78, 5) is 15.4. The molecule has 0 bridgehead atoms. The Bertz CT molecular complexity index is 1520. The van der Waals surface area contributed by atoms with Crippen LogP contribution in [0.4, 0.5) is 0 Å². The zero-order valence-electron chi connectivity index (χ0n) is 20.2. The number of nitrogens with one attached hydrogen (secondary N) is 1. The Morgan fingerprint density at radius 2 is 1.43 bits per heavy atom. The van der Waals surface area contributed by atoms with E-state index in [-0.39, 0.29) is 16.6 Å². The van der Waals surface area contributed by atoms with Crippen LogP contribution in [0.1, 0.15) is 27.0 Å². The molecule has 0 atom stereocenters. The summed E-state index contributed by atoms with van der Waals surface area (Å²) in [6.07, 6.45) is 0.597. The predicted octanol–water partition coefficient (Wildman–Crippen LogP) is 4.17. The number of rotatable bonds is 9. The van der Waals surface area contributed by atoms with Gasteiger partial charge in [0.05, 0.1) is 4.90 Å². The minimum absolute atomic E-state index is 0.00293. The Morgan fingerprint density at radius 3 is 2.11 bits per heavy atom. The molecule has 0 aliphatic carbocycles. The molecule has 4 aromatic rings. The molecule has 7 nitrogen and oxygen atoms in total. The number of nitrogen functional groups attached to an aromatic ring is 1. The first-order valence-electron chi connectivity index (χ1n) is 11.7. The third kappa shape index (κ3) is 6.49. The SMILES string of the molecule is N=C(N)c1cccc(CCN(Cc2ccccc2)C(=O)c2ccc(-c3ccccc3S(N)(=O)=O)cc2)c1. The van der Waals surface area contributed by atoms with Crippen molar-refractivity contribution in [1.82, 2.24) is 4.90 Å². The molecule has 4 aromatic carbocycles. The average Bonchev–Trinajstić information content (AvgIpc) is 2.91. The van der Waals surface area contributed by atoms with Gasteiger partial charge < -0.3 is 10.6 Å². The highest BCUT2D eigenvalue weighted by Crippen LogP contribution is 2.27. The summed E-state index contributed by atoms with van der Waals surface area (Å²) in [5, 5.41) is 13.1. The smallest absolute Gasteiger partial charge is 0.254 e. The van der Waals surface area contributed by atoms with Crippen LogP contribution in [0.25, 0.3) is 11.1 Å². The Morgan fingerprint density at radius 1 is 0.784 bits per heavy atom. The Balaban J connectivity index is 1.59. The number of carbonyl (C=O) groups is 1. The maximum atomic E-state index is 13.6. The lowest BCUT2D eigenvalue weighted by atomic mass is 10.0. The normalized spacial score (nSPS) is 11.2. The molecule has 0 saturated heterocycles. The number of amides is 1. The summed E-state index contributed by atoms with van der Waals surface area (Å²) in [7, 11) is -3.89. The lowest BCUT2D eigenvalue weighted by Gasteiger charge is -2.23. The number of amidine groups is 1. The minimum atomic E-state index is -3.89. The molecule has 1 amide bonds. The van der Waals surface area contributed by atoms with Crippen molar-refractivity contribution in [3.05, 3.63) is 125 Å². The number of nitrogens with two attached hydrogens (primary N) is 2. The summed E-state index contributed by atoms with van der Waals surface area (Å²) in [6.45, 7) is 0.896. The second kappa shape index (κ2) is 11.2. The number of benzene rings is 4. The Kier molecular flexibility index (Phi) is 7.81. The van der Waals surface area contributed by atoms with E-state index in [2.05, 4.69) is 0 Å². The zero-order chi connectivity index (χ0) is 26.4.